The summed E-state index contributed by atoms with van der Waals surface area (Å²) in [6, 6.07) is 5.91. The molecule has 0 unspecified atom stereocenters. The lowest BCUT2D eigenvalue weighted by molar-refractivity contribution is -0.154. The molecule has 1 saturated carbocycles. The quantitative estimate of drug-likeness (QED) is 0.586. The summed E-state index contributed by atoms with van der Waals surface area (Å²) < 4.78 is 105. The predicted octanol–water partition coefficient (Wildman–Crippen LogP) is 4.02. The number of sulfone groups is 1. The number of carbonyl (C=O) groups is 1. The number of halogens is 6. The molecule has 3 rings (SSSR count). The molecule has 1 heterocycles. The van der Waals surface area contributed by atoms with Gasteiger partial charge in [-0.1, -0.05) is 6.07 Å². The van der Waals surface area contributed by atoms with Gasteiger partial charge in [0.15, 0.2) is 16.4 Å². The minimum absolute atomic E-state index is 0.0711. The topological polar surface area (TPSA) is 85.4 Å². The van der Waals surface area contributed by atoms with Gasteiger partial charge in [0, 0.05) is 18.8 Å². The summed E-state index contributed by atoms with van der Waals surface area (Å²) in [5.41, 5.74) is -0.975. The van der Waals surface area contributed by atoms with E-state index < -0.39 is 50.4 Å². The third-order valence-corrected chi connectivity index (χ3v) is 7.23. The Morgan fingerprint density at radius 1 is 1.09 bits per heavy atom. The number of hydrogen-bond acceptors (Lipinski definition) is 5. The van der Waals surface area contributed by atoms with Crippen LogP contribution in [0.2, 0.25) is 0 Å². The van der Waals surface area contributed by atoms with Crippen molar-refractivity contribution in [2.45, 2.75) is 35.3 Å². The van der Waals surface area contributed by atoms with Crippen molar-refractivity contribution < 1.29 is 44.3 Å². The summed E-state index contributed by atoms with van der Waals surface area (Å²) in [7, 11) is -3.95. The maximum absolute atomic E-state index is 12.8. The average Bonchev–Trinajstić information content (AvgIpc) is 2.70. The fourth-order valence-corrected chi connectivity index (χ4v) is 5.23. The van der Waals surface area contributed by atoms with E-state index in [1.54, 1.807) is 0 Å². The van der Waals surface area contributed by atoms with Crippen molar-refractivity contribution in [2.24, 2.45) is 5.92 Å². The highest BCUT2D eigenvalue weighted by Gasteiger charge is 2.40. The lowest BCUT2D eigenvalue weighted by atomic mass is 9.85. The van der Waals surface area contributed by atoms with Crippen LogP contribution in [0.25, 0.3) is 0 Å². The second-order valence-electron chi connectivity index (χ2n) is 7.53. The molecule has 1 fully saturated rings. The van der Waals surface area contributed by atoms with E-state index in [4.69, 9.17) is 0 Å². The van der Waals surface area contributed by atoms with E-state index in [-0.39, 0.29) is 36.7 Å². The monoisotopic (exact) mass is 496 g/mol. The molecule has 0 atom stereocenters. The number of rotatable bonds is 7. The Kier molecular flexibility index (Phi) is 6.91. The molecule has 13 heteroatoms. The first-order chi connectivity index (χ1) is 15.3. The van der Waals surface area contributed by atoms with Gasteiger partial charge in [-0.2, -0.15) is 26.3 Å². The number of carbonyl (C=O) groups excluding carboxylic acids is 1. The predicted molar refractivity (Wildman–Crippen MR) is 103 cm³/mol. The number of ether oxygens (including phenoxy) is 1. The van der Waals surface area contributed by atoms with Crippen LogP contribution in [0.4, 0.5) is 26.3 Å². The molecular formula is C20H18F6N2O4S. The van der Waals surface area contributed by atoms with E-state index in [9.17, 15) is 39.6 Å². The van der Waals surface area contributed by atoms with Gasteiger partial charge in [-0.3, -0.25) is 4.79 Å². The fourth-order valence-electron chi connectivity index (χ4n) is 3.23. The van der Waals surface area contributed by atoms with Gasteiger partial charge in [-0.25, -0.2) is 13.4 Å². The van der Waals surface area contributed by atoms with Gasteiger partial charge in [0.25, 0.3) is 5.91 Å². The summed E-state index contributed by atoms with van der Waals surface area (Å²) in [5.74, 6) is -1.05. The molecule has 6 nitrogen and oxygen atoms in total. The van der Waals surface area contributed by atoms with Crippen LogP contribution in [-0.2, 0) is 16.0 Å². The Hall–Kier alpha value is -2.83. The Morgan fingerprint density at radius 3 is 2.36 bits per heavy atom. The molecular weight excluding hydrogens is 478 g/mol. The molecule has 2 aromatic rings. The van der Waals surface area contributed by atoms with Crippen LogP contribution >= 0.6 is 0 Å². The average molecular weight is 496 g/mol. The molecule has 0 bridgehead atoms. The van der Waals surface area contributed by atoms with E-state index >= 15 is 0 Å². The molecule has 33 heavy (non-hydrogen) atoms. The van der Waals surface area contributed by atoms with Crippen molar-refractivity contribution in [1.82, 2.24) is 10.3 Å². The standard InChI is InChI=1S/C20H18F6N2O4S/c21-19(22,23)11-32-17-5-4-13(10-27-17)18(29)28-9-12-6-16(7-12)33(30,31)15-3-1-2-14(8-15)20(24,25)26/h1-5,8,10,12,16H,6-7,9,11H2,(H,28,29)/t12-,16-. The summed E-state index contributed by atoms with van der Waals surface area (Å²) in [6.45, 7) is -1.39. The van der Waals surface area contributed by atoms with Crippen molar-refractivity contribution in [1.29, 1.82) is 0 Å². The zero-order chi connectivity index (χ0) is 24.4. The van der Waals surface area contributed by atoms with Crippen LogP contribution in [0, 0.1) is 5.92 Å². The molecule has 0 spiro atoms. The Balaban J connectivity index is 1.50. The molecule has 180 valence electrons. The van der Waals surface area contributed by atoms with Crippen LogP contribution in [-0.4, -0.2) is 43.9 Å². The number of nitrogens with zero attached hydrogens (tertiary/aromatic N) is 1. The van der Waals surface area contributed by atoms with E-state index in [0.717, 1.165) is 30.5 Å². The molecule has 1 aliphatic rings. The van der Waals surface area contributed by atoms with Gasteiger partial charge in [0.2, 0.25) is 5.88 Å². The van der Waals surface area contributed by atoms with Crippen molar-refractivity contribution in [3.8, 4) is 5.88 Å². The summed E-state index contributed by atoms with van der Waals surface area (Å²) in [4.78, 5) is 15.4. The molecule has 1 amide bonds. The smallest absolute Gasteiger partial charge is 0.422 e. The zero-order valence-corrected chi connectivity index (χ0v) is 17.6. The highest BCUT2D eigenvalue weighted by molar-refractivity contribution is 7.92. The van der Waals surface area contributed by atoms with Crippen LogP contribution in [0.1, 0.15) is 28.8 Å². The van der Waals surface area contributed by atoms with Crippen LogP contribution in [0.15, 0.2) is 47.5 Å². The maximum atomic E-state index is 12.8. The minimum Gasteiger partial charge on any atom is -0.468 e. The summed E-state index contributed by atoms with van der Waals surface area (Å²) in [5, 5.41) is 1.72. The molecule has 1 aromatic carbocycles. The Bertz CT molecular complexity index is 1090. The first-order valence-electron chi connectivity index (χ1n) is 9.60. The van der Waals surface area contributed by atoms with Crippen LogP contribution in [0.5, 0.6) is 5.88 Å². The number of alkyl halides is 6. The molecule has 0 saturated heterocycles. The number of benzene rings is 1. The van der Waals surface area contributed by atoms with Crippen molar-refractivity contribution in [3.05, 3.63) is 53.7 Å². The summed E-state index contributed by atoms with van der Waals surface area (Å²) in [6.07, 6.45) is -7.80. The zero-order valence-electron chi connectivity index (χ0n) is 16.8. The molecule has 0 aliphatic heterocycles. The second-order valence-corrected chi connectivity index (χ2v) is 9.76. The van der Waals surface area contributed by atoms with Gasteiger partial charge >= 0.3 is 12.4 Å². The fraction of sp³-hybridized carbons (Fsp3) is 0.400. The van der Waals surface area contributed by atoms with Gasteiger partial charge in [-0.05, 0) is 43.0 Å². The third-order valence-electron chi connectivity index (χ3n) is 5.05. The Labute approximate surface area is 184 Å². The molecule has 1 N–H and O–H groups in total. The largest absolute Gasteiger partial charge is 0.468 e. The second kappa shape index (κ2) is 9.20. The SMILES string of the molecule is O=C(NC[C@H]1C[C@H](S(=O)(=O)c2cccc(C(F)(F)F)c2)C1)c1ccc(OCC(F)(F)F)nc1. The first-order valence-corrected chi connectivity index (χ1v) is 11.2. The minimum atomic E-state index is -4.66. The van der Waals surface area contributed by atoms with E-state index in [2.05, 4.69) is 15.0 Å². The number of nitrogens with one attached hydrogen (secondary N) is 1. The molecule has 1 aromatic heterocycles. The number of pyridine rings is 1. The van der Waals surface area contributed by atoms with Crippen molar-refractivity contribution >= 4 is 15.7 Å². The number of hydrogen-bond donors (Lipinski definition) is 1. The number of aromatic nitrogens is 1. The van der Waals surface area contributed by atoms with Gasteiger partial charge in [0.05, 0.1) is 21.3 Å². The Morgan fingerprint density at radius 2 is 1.79 bits per heavy atom. The molecule has 1 aliphatic carbocycles. The number of amides is 1. The maximum Gasteiger partial charge on any atom is 0.422 e. The van der Waals surface area contributed by atoms with Gasteiger partial charge < -0.3 is 10.1 Å². The van der Waals surface area contributed by atoms with Crippen molar-refractivity contribution in [2.75, 3.05) is 13.2 Å². The van der Waals surface area contributed by atoms with Crippen molar-refractivity contribution in [3.63, 3.8) is 0 Å². The van der Waals surface area contributed by atoms with Crippen LogP contribution < -0.4 is 10.1 Å². The van der Waals surface area contributed by atoms with E-state index in [0.29, 0.717) is 6.07 Å². The third kappa shape index (κ3) is 6.36. The van der Waals surface area contributed by atoms with E-state index in [1.165, 1.54) is 6.07 Å². The highest BCUT2D eigenvalue weighted by atomic mass is 32.2. The highest BCUT2D eigenvalue weighted by Crippen LogP contribution is 2.37. The lowest BCUT2D eigenvalue weighted by Gasteiger charge is -2.35. The van der Waals surface area contributed by atoms with E-state index in [1.807, 2.05) is 0 Å². The van der Waals surface area contributed by atoms with Gasteiger partial charge in [-0.15, -0.1) is 0 Å². The van der Waals surface area contributed by atoms with Gasteiger partial charge in [0.1, 0.15) is 0 Å². The summed E-state index contributed by atoms with van der Waals surface area (Å²) >= 11 is 0. The van der Waals surface area contributed by atoms with Crippen LogP contribution in [0.3, 0.4) is 0 Å². The first kappa shape index (κ1) is 24.8. The lowest BCUT2D eigenvalue weighted by Crippen LogP contribution is -2.42. The normalized spacial score (nSPS) is 19.0. The molecule has 0 radical (unpaired) electrons.